The van der Waals surface area contributed by atoms with E-state index < -0.39 is 63.2 Å². The van der Waals surface area contributed by atoms with E-state index in [0.717, 1.165) is 88.3 Å². The first kappa shape index (κ1) is 138. The van der Waals surface area contributed by atoms with E-state index in [1.54, 1.807) is 47.6 Å². The number of rotatable bonds is 38. The SMILES string of the molecule is C.C.C.C.C.C.C=C(C(NC(=O)NC1CCCC1)c1ccccc1)C(C)(C)C.C=CCC(CC(=O)OC)C(=O)C(C)(C)C.CCN(CC)C(CC(N)=O)C(=O)C(C)(C)C.COC(=O)CC(C(=O)C(C)(C)C)C1CC1.COC(=O)CC(CC(=O)OCc1ccccc1)C(=O)C(C)(C)C.COC(=O)CC(CC(N)=O)C(=O)C(C)(C)C.COC(=O)CC(CCN1CCOCC1)C(=O)C(C)C. The molecule has 0 spiro atoms. The van der Waals surface area contributed by atoms with Crippen molar-refractivity contribution in [1.29, 1.82) is 0 Å². The molecule has 6 N–H and O–H groups in total. The number of esters is 6. The van der Waals surface area contributed by atoms with E-state index in [-0.39, 0.29) is 208 Å². The zero-order valence-corrected chi connectivity index (χ0v) is 81.5. The summed E-state index contributed by atoms with van der Waals surface area (Å²) in [6, 6.07) is 19.0. The van der Waals surface area contributed by atoms with Crippen LogP contribution in [0.15, 0.2) is 85.5 Å². The average Bonchev–Trinajstić information content (AvgIpc) is 1.78. The van der Waals surface area contributed by atoms with Gasteiger partial charge < -0.3 is 55.3 Å². The number of likely N-dealkylation sites (N-methyl/N-ethyl adjacent to an activating group) is 1. The van der Waals surface area contributed by atoms with Crippen LogP contribution in [0.2, 0.25) is 0 Å². The fraction of sp³-hybridized carbons (Fsp3) is 0.702. The fourth-order valence-electron chi connectivity index (χ4n) is 13.6. The molecule has 3 aliphatic rings. The monoisotopic (exact) mass is 1870 g/mol. The highest BCUT2D eigenvalue weighted by Gasteiger charge is 2.42. The van der Waals surface area contributed by atoms with Gasteiger partial charge in [-0.3, -0.25) is 76.9 Å². The molecule has 0 bridgehead atoms. The Morgan fingerprint density at radius 1 is 0.477 bits per heavy atom. The van der Waals surface area contributed by atoms with Crippen LogP contribution in [-0.2, 0) is 107 Å². The summed E-state index contributed by atoms with van der Waals surface area (Å²) < 4.78 is 33.5. The van der Waals surface area contributed by atoms with E-state index in [1.165, 1.54) is 48.4 Å². The van der Waals surface area contributed by atoms with Gasteiger partial charge in [-0.1, -0.05) is 283 Å². The van der Waals surface area contributed by atoms with Crippen molar-refractivity contribution in [2.45, 2.75) is 324 Å². The van der Waals surface area contributed by atoms with Gasteiger partial charge in [0.1, 0.15) is 35.5 Å². The number of urea groups is 1. The number of Topliss-reactive ketones (excluding diaryl/α,β-unsaturated/α-hetero) is 6. The van der Waals surface area contributed by atoms with E-state index in [1.807, 2.05) is 156 Å². The number of ether oxygens (including phenoxy) is 7. The topological polar surface area (TPSA) is 403 Å². The molecule has 2 aromatic carbocycles. The van der Waals surface area contributed by atoms with Crippen molar-refractivity contribution in [1.82, 2.24) is 20.4 Å². The van der Waals surface area contributed by atoms with Crippen molar-refractivity contribution in [2.75, 3.05) is 81.5 Å². The zero-order chi connectivity index (χ0) is 97.4. The molecule has 5 rings (SSSR count). The average molecular weight is 1870 g/mol. The second-order valence-electron chi connectivity index (χ2n) is 38.7. The minimum Gasteiger partial charge on any atom is -0.469 e. The molecule has 28 heteroatoms. The number of nitrogens with two attached hydrogens (primary N) is 2. The van der Waals surface area contributed by atoms with Gasteiger partial charge in [0, 0.05) is 94.6 Å². The van der Waals surface area contributed by atoms with Crippen molar-refractivity contribution in [3.05, 3.63) is 96.6 Å². The van der Waals surface area contributed by atoms with Gasteiger partial charge in [0.25, 0.3) is 0 Å². The fourth-order valence-corrected chi connectivity index (χ4v) is 13.6. The molecule has 1 saturated heterocycles. The lowest BCUT2D eigenvalue weighted by Crippen LogP contribution is -2.47. The summed E-state index contributed by atoms with van der Waals surface area (Å²) in [5, 5.41) is 6.21. The summed E-state index contributed by atoms with van der Waals surface area (Å²) in [4.78, 5) is 179. The van der Waals surface area contributed by atoms with Gasteiger partial charge in [0.2, 0.25) is 11.8 Å². The van der Waals surface area contributed by atoms with Crippen LogP contribution in [-0.4, -0.2) is 192 Å². The number of carbonyl (C=O) groups excluding carboxylic acids is 15. The summed E-state index contributed by atoms with van der Waals surface area (Å²) in [5.41, 5.74) is 10.7. The number of amides is 4. The first-order valence-electron chi connectivity index (χ1n) is 44.1. The van der Waals surface area contributed by atoms with E-state index in [4.69, 9.17) is 20.9 Å². The molecule has 28 nitrogen and oxygen atoms in total. The Labute approximate surface area is 797 Å². The minimum absolute atomic E-state index is 0. The van der Waals surface area contributed by atoms with Gasteiger partial charge in [0.15, 0.2) is 5.78 Å². The number of hydrogen-bond acceptors (Lipinski definition) is 24. The molecule has 2 saturated carbocycles. The normalized spacial score (nSPS) is 14.5. The third-order valence-electron chi connectivity index (χ3n) is 21.3. The summed E-state index contributed by atoms with van der Waals surface area (Å²) >= 11 is 0. The Morgan fingerprint density at radius 2 is 0.841 bits per heavy atom. The Morgan fingerprint density at radius 3 is 1.20 bits per heavy atom. The number of primary amides is 2. The Bertz CT molecular complexity index is 3740. The van der Waals surface area contributed by atoms with Gasteiger partial charge >= 0.3 is 41.8 Å². The third-order valence-corrected chi connectivity index (χ3v) is 21.3. The molecule has 2 aliphatic carbocycles. The van der Waals surface area contributed by atoms with Crippen LogP contribution in [0.3, 0.4) is 0 Å². The van der Waals surface area contributed by atoms with E-state index >= 15 is 0 Å². The van der Waals surface area contributed by atoms with Crippen LogP contribution in [0.4, 0.5) is 4.79 Å². The number of hydrogen-bond donors (Lipinski definition) is 4. The standard InChI is InChI=1S/C19H28N2O.C18H24O5.C14H25NO4.C12H24N2O2.2C12H20O3.C11H19NO4.6CH4/c1-14(19(2,3)4)17(15-10-6-5-7-11-15)21-18(22)20-16-12-8-9-13-16;1-18(2,3)17(21)14(10-15(19)22-4)11-16(20)23-12-13-8-6-5-7-9-13;1-11(2)14(17)12(10-13(16)18-3)4-5-15-6-8-19-9-7-15;1-6-14(7-2)9(8-10(13)15)11(16)12(3,4)5;1-12(2,3)11(14)9(8-5-6-8)7-10(13)15-4;1-6-7-9(8-10(13)15-5)11(14)12(2,3)4;1-11(2,3)10(15)7(5-8(12)13)6-9(14)16-4;;;;;;/h5-7,10-11,16-17H,1,8-9,12-13H2,2-4H3,(H2,20,21,22);5-9,14H,10-12H2,1-4H3;11-12H,4-10H2,1-3H3;9H,6-8H2,1-5H3,(H2,13,15);8-9H,5-7H2,1-4H3;6,9H,1,7-8H2,2-5H3;7H,5-6H2,1-4H3,(H2,12,13);6*1H4. The van der Waals surface area contributed by atoms with Crippen molar-refractivity contribution in [3.8, 4) is 0 Å². The number of nitrogens with zero attached hydrogens (tertiary/aromatic N) is 2. The van der Waals surface area contributed by atoms with Crippen LogP contribution < -0.4 is 22.1 Å². The highest BCUT2D eigenvalue weighted by atomic mass is 16.5. The summed E-state index contributed by atoms with van der Waals surface area (Å²) in [6.07, 6.45) is 9.86. The van der Waals surface area contributed by atoms with Crippen LogP contribution in [0.1, 0.15) is 317 Å². The number of methoxy groups -OCH3 is 5. The predicted molar refractivity (Wildman–Crippen MR) is 529 cm³/mol. The lowest BCUT2D eigenvalue weighted by molar-refractivity contribution is -0.151. The minimum atomic E-state index is -0.731. The van der Waals surface area contributed by atoms with Crippen molar-refractivity contribution >= 4 is 88.4 Å². The lowest BCUT2D eigenvalue weighted by atomic mass is 9.79. The van der Waals surface area contributed by atoms with Gasteiger partial charge in [-0.25, -0.2) is 4.79 Å². The van der Waals surface area contributed by atoms with Crippen LogP contribution >= 0.6 is 0 Å². The molecule has 4 amide bonds. The first-order chi connectivity index (χ1) is 58.2. The highest BCUT2D eigenvalue weighted by molar-refractivity contribution is 5.95. The molecule has 1 heterocycles. The molecule has 762 valence electrons. The van der Waals surface area contributed by atoms with Gasteiger partial charge in [-0.05, 0) is 86.2 Å². The Balaban J connectivity index is -0.000000226. The number of benzene rings is 2. The van der Waals surface area contributed by atoms with Crippen LogP contribution in [0.25, 0.3) is 0 Å². The Hall–Kier alpha value is -9.15. The van der Waals surface area contributed by atoms with Gasteiger partial charge in [-0.2, -0.15) is 0 Å². The van der Waals surface area contributed by atoms with Crippen LogP contribution in [0.5, 0.6) is 0 Å². The summed E-state index contributed by atoms with van der Waals surface area (Å²) in [6.45, 7) is 55.1. The predicted octanol–water partition coefficient (Wildman–Crippen LogP) is 18.8. The van der Waals surface area contributed by atoms with Crippen LogP contribution in [0, 0.1) is 73.9 Å². The molecule has 1 aliphatic heterocycles. The van der Waals surface area contributed by atoms with Crippen molar-refractivity contribution < 1.29 is 105 Å². The van der Waals surface area contributed by atoms with Gasteiger partial charge in [-0.15, -0.1) is 6.58 Å². The van der Waals surface area contributed by atoms with E-state index in [9.17, 15) is 71.9 Å². The molecule has 3 fully saturated rings. The summed E-state index contributed by atoms with van der Waals surface area (Å²) in [7, 11) is 6.56. The largest absolute Gasteiger partial charge is 0.469 e. The first-order valence-corrected chi connectivity index (χ1v) is 44.1. The number of nitrogens with one attached hydrogen (secondary N) is 2. The quantitative estimate of drug-likeness (QED) is 0.0275. The summed E-state index contributed by atoms with van der Waals surface area (Å²) in [5.74, 6) is -4.99. The number of ketones is 6. The maximum absolute atomic E-state index is 12.4. The molecule has 132 heavy (non-hydrogen) atoms. The molecular weight excluding hydrogens is 1690 g/mol. The second kappa shape index (κ2) is 68.8. The molecule has 7 atom stereocenters. The molecular formula is C104H184N6O22. The molecule has 0 aromatic heterocycles. The molecule has 7 unspecified atom stereocenters. The number of allylic oxidation sites excluding steroid dienone is 1. The zero-order valence-electron chi connectivity index (χ0n) is 81.5. The van der Waals surface area contributed by atoms with Crippen molar-refractivity contribution in [3.63, 3.8) is 0 Å². The maximum atomic E-state index is 12.4. The smallest absolute Gasteiger partial charge is 0.315 e. The Kier molecular flexibility index (Phi) is 72.1. The molecule has 0 radical (unpaired) electrons. The maximum Gasteiger partial charge on any atom is 0.315 e. The second-order valence-corrected chi connectivity index (χ2v) is 38.7. The molecule has 2 aromatic rings. The van der Waals surface area contributed by atoms with Crippen molar-refractivity contribution in [2.24, 2.45) is 85.4 Å². The van der Waals surface area contributed by atoms with Gasteiger partial charge in [0.05, 0.1) is 99.4 Å². The lowest BCUT2D eigenvalue weighted by Gasteiger charge is -2.32. The van der Waals surface area contributed by atoms with E-state index in [2.05, 4.69) is 73.1 Å². The van der Waals surface area contributed by atoms with E-state index in [0.29, 0.717) is 24.8 Å². The third kappa shape index (κ3) is 58.8. The highest BCUT2D eigenvalue weighted by Crippen LogP contribution is 2.42. The number of carbonyl (C=O) groups is 15. The number of morpholine rings is 1.